The lowest BCUT2D eigenvalue weighted by Crippen LogP contribution is -2.36. The first-order chi connectivity index (χ1) is 10.1. The minimum atomic E-state index is -0.584. The molecule has 2 aromatic heterocycles. The molecule has 0 unspecified atom stereocenters. The zero-order valence-corrected chi connectivity index (χ0v) is 11.7. The Balaban J connectivity index is 1.81. The normalized spacial score (nSPS) is 10.5. The third kappa shape index (κ3) is 4.16. The first kappa shape index (κ1) is 14.8. The fraction of sp³-hybridized carbons (Fsp3) is 0.385. The van der Waals surface area contributed by atoms with Crippen molar-refractivity contribution in [2.45, 2.75) is 26.4 Å². The van der Waals surface area contributed by atoms with Gasteiger partial charge in [-0.25, -0.2) is 9.78 Å². The van der Waals surface area contributed by atoms with Gasteiger partial charge in [-0.1, -0.05) is 0 Å². The molecule has 0 fully saturated rings. The molecule has 0 aliphatic heterocycles. The van der Waals surface area contributed by atoms with Gasteiger partial charge < -0.3 is 9.88 Å². The average molecular weight is 291 g/mol. The summed E-state index contributed by atoms with van der Waals surface area (Å²) in [6.07, 6.45) is 7.41. The molecule has 8 nitrogen and oxygen atoms in total. The van der Waals surface area contributed by atoms with Crippen LogP contribution >= 0.6 is 0 Å². The molecule has 0 spiro atoms. The van der Waals surface area contributed by atoms with Crippen molar-refractivity contribution in [1.29, 1.82) is 0 Å². The predicted molar refractivity (Wildman–Crippen MR) is 75.9 cm³/mol. The molecular formula is C13H17N5O3. The second-order valence-electron chi connectivity index (χ2n) is 4.70. The van der Waals surface area contributed by atoms with E-state index in [4.69, 9.17) is 0 Å². The van der Waals surface area contributed by atoms with Crippen molar-refractivity contribution in [3.05, 3.63) is 51.3 Å². The molecular weight excluding hydrogens is 274 g/mol. The van der Waals surface area contributed by atoms with Crippen molar-refractivity contribution in [2.75, 3.05) is 6.54 Å². The molecule has 0 aliphatic carbocycles. The molecule has 2 N–H and O–H groups in total. The van der Waals surface area contributed by atoms with Gasteiger partial charge in [0.1, 0.15) is 6.54 Å². The van der Waals surface area contributed by atoms with Crippen LogP contribution in [0.4, 0.5) is 0 Å². The number of aryl methyl sites for hydroxylation is 2. The Bertz CT molecular complexity index is 714. The maximum absolute atomic E-state index is 11.7. The van der Waals surface area contributed by atoms with Gasteiger partial charge in [-0.3, -0.25) is 19.1 Å². The predicted octanol–water partition coefficient (Wildman–Crippen LogP) is -0.752. The van der Waals surface area contributed by atoms with Gasteiger partial charge >= 0.3 is 5.69 Å². The van der Waals surface area contributed by atoms with Crippen molar-refractivity contribution in [3.8, 4) is 0 Å². The Hall–Kier alpha value is -2.64. The number of carbonyl (C=O) groups is 1. The van der Waals surface area contributed by atoms with Crippen LogP contribution < -0.4 is 16.6 Å². The first-order valence-electron chi connectivity index (χ1n) is 6.59. The van der Waals surface area contributed by atoms with Gasteiger partial charge in [0.2, 0.25) is 5.91 Å². The summed E-state index contributed by atoms with van der Waals surface area (Å²) in [6, 6.07) is 0. The molecule has 2 aromatic rings. The number of imidazole rings is 1. The van der Waals surface area contributed by atoms with Crippen molar-refractivity contribution in [1.82, 2.24) is 24.4 Å². The van der Waals surface area contributed by atoms with E-state index in [9.17, 15) is 14.4 Å². The van der Waals surface area contributed by atoms with Gasteiger partial charge in [0.15, 0.2) is 0 Å². The number of rotatable bonds is 6. The summed E-state index contributed by atoms with van der Waals surface area (Å²) in [4.78, 5) is 40.6. The Morgan fingerprint density at radius 1 is 1.43 bits per heavy atom. The van der Waals surface area contributed by atoms with E-state index in [0.29, 0.717) is 12.1 Å². The van der Waals surface area contributed by atoms with Crippen LogP contribution in [0.2, 0.25) is 0 Å². The molecule has 1 amide bonds. The lowest BCUT2D eigenvalue weighted by molar-refractivity contribution is -0.121. The van der Waals surface area contributed by atoms with Gasteiger partial charge in [0.25, 0.3) is 5.56 Å². The average Bonchev–Trinajstić information content (AvgIpc) is 2.94. The van der Waals surface area contributed by atoms with Gasteiger partial charge in [-0.15, -0.1) is 0 Å². The summed E-state index contributed by atoms with van der Waals surface area (Å²) >= 11 is 0. The lowest BCUT2D eigenvalue weighted by Gasteiger charge is -2.08. The van der Waals surface area contributed by atoms with E-state index in [1.807, 2.05) is 10.8 Å². The lowest BCUT2D eigenvalue weighted by atomic mass is 10.4. The Morgan fingerprint density at radius 3 is 2.95 bits per heavy atom. The molecule has 0 saturated heterocycles. The largest absolute Gasteiger partial charge is 0.354 e. The van der Waals surface area contributed by atoms with Gasteiger partial charge in [0, 0.05) is 37.2 Å². The van der Waals surface area contributed by atoms with E-state index in [2.05, 4.69) is 15.3 Å². The zero-order chi connectivity index (χ0) is 15.2. The van der Waals surface area contributed by atoms with E-state index in [1.54, 1.807) is 19.4 Å². The second-order valence-corrected chi connectivity index (χ2v) is 4.70. The van der Waals surface area contributed by atoms with Gasteiger partial charge in [-0.05, 0) is 13.3 Å². The summed E-state index contributed by atoms with van der Waals surface area (Å²) in [6.45, 7) is 2.74. The third-order valence-electron chi connectivity index (χ3n) is 2.98. The number of H-pyrrole nitrogens is 1. The fourth-order valence-corrected chi connectivity index (χ4v) is 1.86. The first-order valence-corrected chi connectivity index (χ1v) is 6.59. The van der Waals surface area contributed by atoms with E-state index in [1.165, 1.54) is 10.8 Å². The maximum Gasteiger partial charge on any atom is 0.328 e. The number of hydrogen-bond acceptors (Lipinski definition) is 4. The Morgan fingerprint density at radius 2 is 2.24 bits per heavy atom. The quantitative estimate of drug-likeness (QED) is 0.683. The van der Waals surface area contributed by atoms with Crippen LogP contribution in [0.5, 0.6) is 0 Å². The maximum atomic E-state index is 11.7. The van der Waals surface area contributed by atoms with Crippen molar-refractivity contribution in [3.63, 3.8) is 0 Å². The number of carbonyl (C=O) groups excluding carboxylic acids is 1. The van der Waals surface area contributed by atoms with Gasteiger partial charge in [-0.2, -0.15) is 0 Å². The van der Waals surface area contributed by atoms with Crippen LogP contribution in [0.15, 0.2) is 34.5 Å². The summed E-state index contributed by atoms with van der Waals surface area (Å²) in [5.41, 5.74) is -0.626. The number of hydrogen-bond donors (Lipinski definition) is 2. The molecule has 0 bridgehead atoms. The molecule has 0 aromatic carbocycles. The number of aromatic nitrogens is 4. The standard InChI is InChI=1S/C13H17N5O3/c1-10-7-18(13(21)16-12(10)20)8-11(19)15-3-2-5-17-6-4-14-9-17/h4,6-7,9H,2-3,5,8H2,1H3,(H,15,19)(H,16,20,21). The molecule has 2 heterocycles. The SMILES string of the molecule is Cc1cn(CC(=O)NCCCn2ccnc2)c(=O)[nH]c1=O. The Kier molecular flexibility index (Phi) is 4.70. The molecule has 0 atom stereocenters. The molecule has 2 rings (SSSR count). The minimum absolute atomic E-state index is 0.110. The monoisotopic (exact) mass is 291 g/mol. The van der Waals surface area contributed by atoms with Crippen molar-refractivity contribution < 1.29 is 4.79 Å². The number of amides is 1. The van der Waals surface area contributed by atoms with Gasteiger partial charge in [0.05, 0.1) is 6.33 Å². The summed E-state index contributed by atoms with van der Waals surface area (Å²) in [5.74, 6) is -0.269. The molecule has 0 aliphatic rings. The molecule has 21 heavy (non-hydrogen) atoms. The van der Waals surface area contributed by atoms with E-state index >= 15 is 0 Å². The van der Waals surface area contributed by atoms with Crippen molar-refractivity contribution in [2.24, 2.45) is 0 Å². The van der Waals surface area contributed by atoms with E-state index in [0.717, 1.165) is 13.0 Å². The summed E-state index contributed by atoms with van der Waals surface area (Å²) < 4.78 is 3.10. The second kappa shape index (κ2) is 6.69. The van der Waals surface area contributed by atoms with Crippen LogP contribution in [-0.2, 0) is 17.9 Å². The zero-order valence-electron chi connectivity index (χ0n) is 11.7. The third-order valence-corrected chi connectivity index (χ3v) is 2.98. The molecule has 0 radical (unpaired) electrons. The highest BCUT2D eigenvalue weighted by molar-refractivity contribution is 5.75. The molecule has 112 valence electrons. The fourth-order valence-electron chi connectivity index (χ4n) is 1.86. The van der Waals surface area contributed by atoms with Crippen LogP contribution in [0.3, 0.4) is 0 Å². The number of aromatic amines is 1. The smallest absolute Gasteiger partial charge is 0.328 e. The van der Waals surface area contributed by atoms with Crippen molar-refractivity contribution >= 4 is 5.91 Å². The highest BCUT2D eigenvalue weighted by Crippen LogP contribution is 1.89. The summed E-state index contributed by atoms with van der Waals surface area (Å²) in [7, 11) is 0. The van der Waals surface area contributed by atoms with Crippen LogP contribution in [0, 0.1) is 6.92 Å². The molecule has 8 heteroatoms. The van der Waals surface area contributed by atoms with E-state index < -0.39 is 11.2 Å². The minimum Gasteiger partial charge on any atom is -0.354 e. The highest BCUT2D eigenvalue weighted by Gasteiger charge is 2.06. The van der Waals surface area contributed by atoms with Crippen LogP contribution in [0.1, 0.15) is 12.0 Å². The molecule has 0 saturated carbocycles. The van der Waals surface area contributed by atoms with E-state index in [-0.39, 0.29) is 12.5 Å². The highest BCUT2D eigenvalue weighted by atomic mass is 16.2. The topological polar surface area (TPSA) is 102 Å². The summed E-state index contributed by atoms with van der Waals surface area (Å²) in [5, 5.41) is 2.73. The number of nitrogens with zero attached hydrogens (tertiary/aromatic N) is 3. The van der Waals surface area contributed by atoms with Crippen LogP contribution in [-0.4, -0.2) is 31.6 Å². The number of nitrogens with one attached hydrogen (secondary N) is 2. The van der Waals surface area contributed by atoms with Crippen LogP contribution in [0.25, 0.3) is 0 Å². The Labute approximate surface area is 120 Å².